The van der Waals surface area contributed by atoms with Crippen LogP contribution in [0.3, 0.4) is 0 Å². The lowest BCUT2D eigenvalue weighted by Crippen LogP contribution is -2.64. The molecule has 0 spiro atoms. The second-order valence-electron chi connectivity index (χ2n) is 6.54. The first-order valence-corrected chi connectivity index (χ1v) is 10.7. The van der Waals surface area contributed by atoms with E-state index in [1.54, 1.807) is 19.1 Å². The van der Waals surface area contributed by atoms with E-state index < -0.39 is 26.6 Å². The van der Waals surface area contributed by atoms with Gasteiger partial charge in [-0.05, 0) is 63.5 Å². The minimum Gasteiger partial charge on any atom is -0.481 e. The molecule has 6 nitrogen and oxygen atoms in total. The topological polar surface area (TPSA) is 83.9 Å². The van der Waals surface area contributed by atoms with Crippen LogP contribution in [-0.4, -0.2) is 54.9 Å². The van der Waals surface area contributed by atoms with Crippen LogP contribution in [0.4, 0.5) is 0 Å². The lowest BCUT2D eigenvalue weighted by atomic mass is 9.86. The average Bonchev–Trinajstić information content (AvgIpc) is 2.67. The molecule has 1 aromatic carbocycles. The Balaban J connectivity index is 2.46. The van der Waals surface area contributed by atoms with Crippen molar-refractivity contribution in [3.8, 4) is 17.6 Å². The molecule has 0 radical (unpaired) electrons. The normalized spacial score (nSPS) is 23.3. The van der Waals surface area contributed by atoms with Crippen LogP contribution in [0.15, 0.2) is 29.2 Å². The summed E-state index contributed by atoms with van der Waals surface area (Å²) in [5.41, 5.74) is 0. The van der Waals surface area contributed by atoms with Crippen molar-refractivity contribution in [3.05, 3.63) is 24.3 Å². The smallest absolute Gasteiger partial charge is 0.327 e. The number of carboxylic acid groups (broad SMARTS) is 1. The number of hydrogen-bond donors (Lipinski definition) is 1. The predicted molar refractivity (Wildman–Crippen MR) is 103 cm³/mol. The summed E-state index contributed by atoms with van der Waals surface area (Å²) in [6.07, 6.45) is 1.10. The Kier molecular flexibility index (Phi) is 6.90. The molecular weight excluding hydrogens is 366 g/mol. The largest absolute Gasteiger partial charge is 0.481 e. The van der Waals surface area contributed by atoms with Crippen LogP contribution < -0.4 is 4.74 Å². The number of ether oxygens (including phenoxy) is 1. The van der Waals surface area contributed by atoms with Gasteiger partial charge in [-0.15, -0.1) is 5.92 Å². The third kappa shape index (κ3) is 3.83. The minimum atomic E-state index is -4.09. The third-order valence-corrected chi connectivity index (χ3v) is 7.73. The molecule has 0 aliphatic carbocycles. The maximum Gasteiger partial charge on any atom is 0.327 e. The van der Waals surface area contributed by atoms with E-state index in [1.807, 2.05) is 18.7 Å². The van der Waals surface area contributed by atoms with Crippen LogP contribution in [-0.2, 0) is 14.6 Å². The van der Waals surface area contributed by atoms with Crippen molar-refractivity contribution in [2.45, 2.75) is 55.7 Å². The molecule has 2 unspecified atom stereocenters. The molecule has 1 saturated heterocycles. The monoisotopic (exact) mass is 393 g/mol. The molecule has 2 atom stereocenters. The van der Waals surface area contributed by atoms with Gasteiger partial charge in [-0.1, -0.05) is 19.8 Å². The zero-order valence-electron chi connectivity index (χ0n) is 16.1. The van der Waals surface area contributed by atoms with Crippen molar-refractivity contribution < 1.29 is 23.1 Å². The fourth-order valence-electron chi connectivity index (χ4n) is 3.92. The molecule has 0 aromatic heterocycles. The third-order valence-electron chi connectivity index (χ3n) is 5.23. The number of hydrogen-bond acceptors (Lipinski definition) is 5. The Bertz CT molecular complexity index is 822. The number of carbonyl (C=O) groups is 1. The quantitative estimate of drug-likeness (QED) is 0.717. The van der Waals surface area contributed by atoms with Gasteiger partial charge >= 0.3 is 5.97 Å². The number of carboxylic acids is 1. The summed E-state index contributed by atoms with van der Waals surface area (Å²) in [5, 5.41) is 10.1. The van der Waals surface area contributed by atoms with Crippen LogP contribution in [0.25, 0.3) is 0 Å². The SMILES string of the molecule is CC#CCOc1ccc(S(=O)(=O)C2(C(=O)O)CCCN(CC)C2CC)cc1. The number of likely N-dealkylation sites (tertiary alicyclic amines) is 1. The van der Waals surface area contributed by atoms with Gasteiger partial charge in [0.2, 0.25) is 0 Å². The van der Waals surface area contributed by atoms with E-state index in [4.69, 9.17) is 4.74 Å². The molecule has 0 saturated carbocycles. The van der Waals surface area contributed by atoms with E-state index in [0.29, 0.717) is 31.7 Å². The van der Waals surface area contributed by atoms with Gasteiger partial charge in [-0.3, -0.25) is 9.69 Å². The number of nitrogens with zero attached hydrogens (tertiary/aromatic N) is 1. The molecule has 148 valence electrons. The van der Waals surface area contributed by atoms with Crippen molar-refractivity contribution in [3.63, 3.8) is 0 Å². The fourth-order valence-corrected chi connectivity index (χ4v) is 6.16. The summed E-state index contributed by atoms with van der Waals surface area (Å²) in [6.45, 7) is 7.03. The number of aliphatic carboxylic acids is 1. The molecule has 2 rings (SSSR count). The second kappa shape index (κ2) is 8.77. The van der Waals surface area contributed by atoms with Crippen molar-refractivity contribution in [2.75, 3.05) is 19.7 Å². The summed E-state index contributed by atoms with van der Waals surface area (Å²) < 4.78 is 30.5. The highest BCUT2D eigenvalue weighted by atomic mass is 32.2. The minimum absolute atomic E-state index is 0.00947. The first-order chi connectivity index (χ1) is 12.8. The summed E-state index contributed by atoms with van der Waals surface area (Å²) >= 11 is 0. The molecule has 1 fully saturated rings. The summed E-state index contributed by atoms with van der Waals surface area (Å²) in [6, 6.07) is 5.37. The van der Waals surface area contributed by atoms with Gasteiger partial charge in [0, 0.05) is 6.04 Å². The van der Waals surface area contributed by atoms with Crippen molar-refractivity contribution in [2.24, 2.45) is 0 Å². The van der Waals surface area contributed by atoms with Gasteiger partial charge in [0.15, 0.2) is 14.6 Å². The molecule has 1 aliphatic heterocycles. The van der Waals surface area contributed by atoms with E-state index in [1.165, 1.54) is 12.1 Å². The van der Waals surface area contributed by atoms with Crippen molar-refractivity contribution in [1.29, 1.82) is 0 Å². The highest BCUT2D eigenvalue weighted by Crippen LogP contribution is 2.40. The maximum absolute atomic E-state index is 13.5. The lowest BCUT2D eigenvalue weighted by molar-refractivity contribution is -0.143. The zero-order valence-corrected chi connectivity index (χ0v) is 16.9. The average molecular weight is 394 g/mol. The molecule has 1 N–H and O–H groups in total. The number of rotatable bonds is 7. The van der Waals surface area contributed by atoms with Crippen LogP contribution in [0.1, 0.15) is 40.0 Å². The zero-order chi connectivity index (χ0) is 20.1. The predicted octanol–water partition coefficient (Wildman–Crippen LogP) is 2.58. The van der Waals surface area contributed by atoms with Crippen LogP contribution in [0.5, 0.6) is 5.75 Å². The Morgan fingerprint density at radius 3 is 2.52 bits per heavy atom. The highest BCUT2D eigenvalue weighted by Gasteiger charge is 2.59. The number of benzene rings is 1. The molecule has 7 heteroatoms. The summed E-state index contributed by atoms with van der Waals surface area (Å²) in [4.78, 5) is 14.3. The van der Waals surface area contributed by atoms with Crippen LogP contribution in [0, 0.1) is 11.8 Å². The van der Waals surface area contributed by atoms with Crippen LogP contribution in [0.2, 0.25) is 0 Å². The summed E-state index contributed by atoms with van der Waals surface area (Å²) in [5.74, 6) is 4.70. The van der Waals surface area contributed by atoms with Gasteiger partial charge in [0.05, 0.1) is 4.90 Å². The maximum atomic E-state index is 13.5. The van der Waals surface area contributed by atoms with Crippen LogP contribution >= 0.6 is 0 Å². The fraction of sp³-hybridized carbons (Fsp3) is 0.550. The van der Waals surface area contributed by atoms with E-state index in [9.17, 15) is 18.3 Å². The van der Waals surface area contributed by atoms with E-state index in [2.05, 4.69) is 11.8 Å². The molecule has 1 heterocycles. The van der Waals surface area contributed by atoms with E-state index in [0.717, 1.165) is 0 Å². The first kappa shape index (κ1) is 21.3. The summed E-state index contributed by atoms with van der Waals surface area (Å²) in [7, 11) is -4.09. The molecule has 1 aliphatic rings. The van der Waals surface area contributed by atoms with Gasteiger partial charge in [-0.25, -0.2) is 8.42 Å². The van der Waals surface area contributed by atoms with Gasteiger partial charge in [-0.2, -0.15) is 0 Å². The van der Waals surface area contributed by atoms with Gasteiger partial charge < -0.3 is 9.84 Å². The molecule has 0 amide bonds. The standard InChI is InChI=1S/C20H27NO5S/c1-4-7-15-26-16-9-11-17(12-10-16)27(24,25)20(19(22)23)13-8-14-21(6-3)18(20)5-2/h9-12,18H,5-6,8,13-15H2,1-3H3,(H,22,23). The Labute approximate surface area is 161 Å². The first-order valence-electron chi connectivity index (χ1n) is 9.19. The van der Waals surface area contributed by atoms with Crippen molar-refractivity contribution >= 4 is 15.8 Å². The van der Waals surface area contributed by atoms with Gasteiger partial charge in [0.1, 0.15) is 12.4 Å². The molecule has 1 aromatic rings. The number of sulfone groups is 1. The second-order valence-corrected chi connectivity index (χ2v) is 8.75. The molecule has 0 bridgehead atoms. The lowest BCUT2D eigenvalue weighted by Gasteiger charge is -2.46. The van der Waals surface area contributed by atoms with Gasteiger partial charge in [0.25, 0.3) is 0 Å². The molecule has 27 heavy (non-hydrogen) atoms. The molecular formula is C20H27NO5S. The Hall–Kier alpha value is -2.04. The number of piperidine rings is 1. The Morgan fingerprint density at radius 1 is 1.33 bits per heavy atom. The Morgan fingerprint density at radius 2 is 2.00 bits per heavy atom. The van der Waals surface area contributed by atoms with E-state index in [-0.39, 0.29) is 17.9 Å². The highest BCUT2D eigenvalue weighted by molar-refractivity contribution is 7.93. The van der Waals surface area contributed by atoms with Crippen molar-refractivity contribution in [1.82, 2.24) is 4.90 Å². The van der Waals surface area contributed by atoms with E-state index >= 15 is 0 Å².